The number of carbonyl (C=O) groups excluding carboxylic acids is 1. The maximum absolute atomic E-state index is 12.6. The highest BCUT2D eigenvalue weighted by atomic mass is 16.5. The average molecular weight is 252 g/mol. The molecule has 0 saturated carbocycles. The Labute approximate surface area is 107 Å². The van der Waals surface area contributed by atoms with Gasteiger partial charge in [0.05, 0.1) is 19.3 Å². The first-order valence-electron chi connectivity index (χ1n) is 6.20. The number of β-amino-alcohol motifs (C(OH)–C–C–N with tert-alkyl or cyclic N) is 1. The summed E-state index contributed by atoms with van der Waals surface area (Å²) in [7, 11) is 0. The molecule has 1 amide bonds. The molecule has 2 heterocycles. The second-order valence-corrected chi connectivity index (χ2v) is 5.13. The van der Waals surface area contributed by atoms with E-state index in [1.165, 1.54) is 0 Å². The maximum Gasteiger partial charge on any atom is 0.248 e. The molecule has 1 saturated heterocycles. The summed E-state index contributed by atoms with van der Waals surface area (Å²) in [5, 5.41) is 9.68. The minimum absolute atomic E-state index is 0.00301. The van der Waals surface area contributed by atoms with E-state index in [1.54, 1.807) is 4.90 Å². The third-order valence-electron chi connectivity index (χ3n) is 3.31. The lowest BCUT2D eigenvalue weighted by Crippen LogP contribution is -2.49. The van der Waals surface area contributed by atoms with Crippen LogP contribution in [0.5, 0.6) is 0 Å². The lowest BCUT2D eigenvalue weighted by atomic mass is 10.0. The highest BCUT2D eigenvalue weighted by Crippen LogP contribution is 2.19. The fraction of sp³-hybridized carbons (Fsp3) is 0.615. The Balaban J connectivity index is 2.14. The Bertz CT molecular complexity index is 400. The minimum Gasteiger partial charge on any atom is -0.389 e. The van der Waals surface area contributed by atoms with Gasteiger partial charge in [0, 0.05) is 25.5 Å². The molecule has 5 heteroatoms. The Morgan fingerprint density at radius 1 is 1.39 bits per heavy atom. The van der Waals surface area contributed by atoms with Crippen LogP contribution in [0.4, 0.5) is 0 Å². The van der Waals surface area contributed by atoms with Crippen LogP contribution in [0.25, 0.3) is 0 Å². The molecule has 1 aliphatic rings. The van der Waals surface area contributed by atoms with Crippen LogP contribution < -0.4 is 0 Å². The van der Waals surface area contributed by atoms with Gasteiger partial charge in [-0.05, 0) is 26.0 Å². The van der Waals surface area contributed by atoms with Crippen molar-refractivity contribution in [3.8, 4) is 0 Å². The number of aromatic nitrogens is 1. The predicted octanol–water partition coefficient (Wildman–Crippen LogP) is 0.443. The highest BCUT2D eigenvalue weighted by Gasteiger charge is 2.34. The summed E-state index contributed by atoms with van der Waals surface area (Å²) in [5.74, 6) is 0.00301. The quantitative estimate of drug-likeness (QED) is 0.831. The highest BCUT2D eigenvalue weighted by molar-refractivity contribution is 5.83. The van der Waals surface area contributed by atoms with Crippen LogP contribution in [-0.4, -0.2) is 52.9 Å². The van der Waals surface area contributed by atoms with Crippen molar-refractivity contribution in [2.45, 2.75) is 25.5 Å². The molecule has 1 atom stereocenters. The molecule has 0 aliphatic carbocycles. The molecule has 1 fully saturated rings. The molecular formula is C13H20N2O3. The van der Waals surface area contributed by atoms with Crippen LogP contribution in [0.1, 0.15) is 13.8 Å². The van der Waals surface area contributed by atoms with Gasteiger partial charge in [0.25, 0.3) is 0 Å². The molecule has 0 radical (unpaired) electrons. The van der Waals surface area contributed by atoms with E-state index >= 15 is 0 Å². The van der Waals surface area contributed by atoms with Crippen LogP contribution in [-0.2, 0) is 15.1 Å². The summed E-state index contributed by atoms with van der Waals surface area (Å²) in [5.41, 5.74) is -0.645. The van der Waals surface area contributed by atoms with Gasteiger partial charge in [0.15, 0.2) is 0 Å². The summed E-state index contributed by atoms with van der Waals surface area (Å²) >= 11 is 0. The fourth-order valence-corrected chi connectivity index (χ4v) is 2.18. The zero-order chi connectivity index (χ0) is 13.2. The first kappa shape index (κ1) is 13.1. The van der Waals surface area contributed by atoms with Crippen molar-refractivity contribution in [3.05, 3.63) is 24.5 Å². The van der Waals surface area contributed by atoms with E-state index in [0.29, 0.717) is 26.3 Å². The molecule has 18 heavy (non-hydrogen) atoms. The molecular weight excluding hydrogens is 232 g/mol. The normalized spacial score (nSPS) is 21.7. The molecule has 0 spiro atoms. The first-order chi connectivity index (χ1) is 8.51. The van der Waals surface area contributed by atoms with Crippen LogP contribution in [0.3, 0.4) is 0 Å². The number of hydrogen-bond donors (Lipinski definition) is 1. The molecule has 1 aromatic rings. The van der Waals surface area contributed by atoms with Crippen molar-refractivity contribution in [1.82, 2.24) is 9.47 Å². The van der Waals surface area contributed by atoms with Gasteiger partial charge in [0.1, 0.15) is 5.54 Å². The van der Waals surface area contributed by atoms with E-state index in [0.717, 1.165) is 0 Å². The molecule has 0 aromatic carbocycles. The Morgan fingerprint density at radius 3 is 2.72 bits per heavy atom. The van der Waals surface area contributed by atoms with Crippen molar-refractivity contribution in [2.24, 2.45) is 0 Å². The Morgan fingerprint density at radius 2 is 2.06 bits per heavy atom. The molecule has 1 aromatic heterocycles. The Hall–Kier alpha value is -1.33. The smallest absolute Gasteiger partial charge is 0.248 e. The van der Waals surface area contributed by atoms with Crippen molar-refractivity contribution >= 4 is 5.91 Å². The SMILES string of the molecule is CC(C)(C(=O)N1CCOC[C@H](O)C1)n1cccc1. The summed E-state index contributed by atoms with van der Waals surface area (Å²) in [6.07, 6.45) is 3.16. The zero-order valence-electron chi connectivity index (χ0n) is 10.9. The largest absolute Gasteiger partial charge is 0.389 e. The maximum atomic E-state index is 12.6. The van der Waals surface area contributed by atoms with Crippen molar-refractivity contribution in [1.29, 1.82) is 0 Å². The third kappa shape index (κ3) is 2.57. The number of amides is 1. The molecule has 0 unspecified atom stereocenters. The van der Waals surface area contributed by atoms with E-state index in [9.17, 15) is 9.90 Å². The van der Waals surface area contributed by atoms with E-state index < -0.39 is 11.6 Å². The summed E-state index contributed by atoms with van der Waals surface area (Å²) in [6, 6.07) is 3.80. The van der Waals surface area contributed by atoms with Gasteiger partial charge < -0.3 is 19.3 Å². The van der Waals surface area contributed by atoms with Gasteiger partial charge in [-0.3, -0.25) is 4.79 Å². The Kier molecular flexibility index (Phi) is 3.73. The lowest BCUT2D eigenvalue weighted by molar-refractivity contribution is -0.140. The average Bonchev–Trinajstić information content (AvgIpc) is 2.79. The molecule has 100 valence electrons. The van der Waals surface area contributed by atoms with E-state index in [1.807, 2.05) is 42.9 Å². The number of ether oxygens (including phenoxy) is 1. The van der Waals surface area contributed by atoms with Gasteiger partial charge in [-0.2, -0.15) is 0 Å². The van der Waals surface area contributed by atoms with Crippen molar-refractivity contribution < 1.29 is 14.6 Å². The molecule has 2 rings (SSSR count). The number of rotatable bonds is 2. The summed E-state index contributed by atoms with van der Waals surface area (Å²) < 4.78 is 7.12. The summed E-state index contributed by atoms with van der Waals surface area (Å²) in [4.78, 5) is 14.2. The second-order valence-electron chi connectivity index (χ2n) is 5.13. The van der Waals surface area contributed by atoms with Crippen molar-refractivity contribution in [2.75, 3.05) is 26.3 Å². The lowest BCUT2D eigenvalue weighted by Gasteiger charge is -2.32. The molecule has 1 aliphatic heterocycles. The predicted molar refractivity (Wildman–Crippen MR) is 67.2 cm³/mol. The van der Waals surface area contributed by atoms with Gasteiger partial charge in [-0.1, -0.05) is 0 Å². The van der Waals surface area contributed by atoms with E-state index in [-0.39, 0.29) is 5.91 Å². The number of aliphatic hydroxyl groups excluding tert-OH is 1. The van der Waals surface area contributed by atoms with Crippen LogP contribution >= 0.6 is 0 Å². The molecule has 5 nitrogen and oxygen atoms in total. The third-order valence-corrected chi connectivity index (χ3v) is 3.31. The number of hydrogen-bond acceptors (Lipinski definition) is 3. The first-order valence-corrected chi connectivity index (χ1v) is 6.20. The standard InChI is InChI=1S/C13H20N2O3/c1-13(2,15-5-3-4-6-15)12(17)14-7-8-18-10-11(16)9-14/h3-6,11,16H,7-10H2,1-2H3/t11-/m1/s1. The topological polar surface area (TPSA) is 54.7 Å². The van der Waals surface area contributed by atoms with Gasteiger partial charge in [-0.15, -0.1) is 0 Å². The van der Waals surface area contributed by atoms with E-state index in [4.69, 9.17) is 4.74 Å². The van der Waals surface area contributed by atoms with Gasteiger partial charge in [-0.25, -0.2) is 0 Å². The summed E-state index contributed by atoms with van der Waals surface area (Å²) in [6.45, 7) is 5.41. The second kappa shape index (κ2) is 5.12. The van der Waals surface area contributed by atoms with Gasteiger partial charge >= 0.3 is 0 Å². The van der Waals surface area contributed by atoms with Crippen LogP contribution in [0.2, 0.25) is 0 Å². The number of aliphatic hydroxyl groups is 1. The van der Waals surface area contributed by atoms with Crippen molar-refractivity contribution in [3.63, 3.8) is 0 Å². The monoisotopic (exact) mass is 252 g/mol. The molecule has 0 bridgehead atoms. The number of carbonyl (C=O) groups is 1. The number of nitrogens with zero attached hydrogens (tertiary/aromatic N) is 2. The van der Waals surface area contributed by atoms with Crippen LogP contribution in [0.15, 0.2) is 24.5 Å². The minimum atomic E-state index is -0.645. The fourth-order valence-electron chi connectivity index (χ4n) is 2.18. The van der Waals surface area contributed by atoms with Gasteiger partial charge in [0.2, 0.25) is 5.91 Å². The van der Waals surface area contributed by atoms with Crippen LogP contribution in [0, 0.1) is 0 Å². The molecule has 1 N–H and O–H groups in total. The zero-order valence-corrected chi connectivity index (χ0v) is 10.9. The van der Waals surface area contributed by atoms with E-state index in [2.05, 4.69) is 0 Å².